The first-order valence-electron chi connectivity index (χ1n) is 6.32. The molecule has 1 amide bonds. The molecule has 2 rings (SSSR count). The van der Waals surface area contributed by atoms with Crippen LogP contribution in [0.2, 0.25) is 0 Å². The third kappa shape index (κ3) is 3.99. The van der Waals surface area contributed by atoms with Crippen molar-refractivity contribution in [3.63, 3.8) is 0 Å². The van der Waals surface area contributed by atoms with Crippen molar-refractivity contribution < 1.29 is 9.18 Å². The van der Waals surface area contributed by atoms with Crippen LogP contribution in [0.3, 0.4) is 0 Å². The number of carbonyl (C=O) groups is 1. The first kappa shape index (κ1) is 14.4. The second-order valence-electron chi connectivity index (χ2n) is 4.21. The predicted octanol–water partition coefficient (Wildman–Crippen LogP) is 3.36. The number of thiophene rings is 1. The third-order valence-electron chi connectivity index (χ3n) is 2.74. The molecule has 104 valence electrons. The lowest BCUT2D eigenvalue weighted by Gasteiger charge is -2.05. The fourth-order valence-corrected chi connectivity index (χ4v) is 2.43. The average Bonchev–Trinajstić information content (AvgIpc) is 2.94. The van der Waals surface area contributed by atoms with E-state index in [9.17, 15) is 9.18 Å². The Morgan fingerprint density at radius 2 is 2.05 bits per heavy atom. The van der Waals surface area contributed by atoms with Gasteiger partial charge in [-0.05, 0) is 35.6 Å². The van der Waals surface area contributed by atoms with Gasteiger partial charge < -0.3 is 0 Å². The SMILES string of the molecule is CC/C(=N/NC(=O)Cc1cccs1)c1ccc(F)cc1. The van der Waals surface area contributed by atoms with E-state index in [0.29, 0.717) is 12.8 Å². The lowest BCUT2D eigenvalue weighted by Crippen LogP contribution is -2.21. The van der Waals surface area contributed by atoms with E-state index in [-0.39, 0.29) is 11.7 Å². The Kier molecular flexibility index (Phi) is 5.01. The minimum Gasteiger partial charge on any atom is -0.273 e. The summed E-state index contributed by atoms with van der Waals surface area (Å²) >= 11 is 1.54. The molecule has 0 aliphatic heterocycles. The van der Waals surface area contributed by atoms with E-state index in [1.807, 2.05) is 24.4 Å². The van der Waals surface area contributed by atoms with E-state index in [1.165, 1.54) is 23.5 Å². The number of benzene rings is 1. The van der Waals surface area contributed by atoms with Crippen LogP contribution < -0.4 is 5.43 Å². The molecule has 1 aromatic carbocycles. The Labute approximate surface area is 121 Å². The monoisotopic (exact) mass is 290 g/mol. The van der Waals surface area contributed by atoms with Crippen LogP contribution in [-0.2, 0) is 11.2 Å². The summed E-state index contributed by atoms with van der Waals surface area (Å²) in [6, 6.07) is 9.90. The number of hydrogen-bond acceptors (Lipinski definition) is 3. The van der Waals surface area contributed by atoms with Crippen LogP contribution in [0.4, 0.5) is 4.39 Å². The second kappa shape index (κ2) is 6.96. The summed E-state index contributed by atoms with van der Waals surface area (Å²) in [5, 5.41) is 6.05. The van der Waals surface area contributed by atoms with Gasteiger partial charge in [0.2, 0.25) is 5.91 Å². The molecule has 0 aliphatic carbocycles. The maximum absolute atomic E-state index is 12.9. The van der Waals surface area contributed by atoms with Crippen molar-refractivity contribution in [1.82, 2.24) is 5.43 Å². The normalized spacial score (nSPS) is 11.4. The van der Waals surface area contributed by atoms with Crippen LogP contribution in [0.1, 0.15) is 23.8 Å². The molecular weight excluding hydrogens is 275 g/mol. The molecule has 20 heavy (non-hydrogen) atoms. The standard InChI is InChI=1S/C15H15FN2OS/c1-2-14(11-5-7-12(16)8-6-11)17-18-15(19)10-13-4-3-9-20-13/h3-9H,2,10H2,1H3,(H,18,19)/b17-14-. The van der Waals surface area contributed by atoms with Crippen molar-refractivity contribution in [2.75, 3.05) is 0 Å². The topological polar surface area (TPSA) is 41.5 Å². The van der Waals surface area contributed by atoms with Gasteiger partial charge in [0.25, 0.3) is 0 Å². The zero-order valence-corrected chi connectivity index (χ0v) is 11.9. The summed E-state index contributed by atoms with van der Waals surface area (Å²) in [4.78, 5) is 12.7. The van der Waals surface area contributed by atoms with Crippen molar-refractivity contribution in [1.29, 1.82) is 0 Å². The van der Waals surface area contributed by atoms with Crippen LogP contribution in [-0.4, -0.2) is 11.6 Å². The molecule has 0 spiro atoms. The first-order chi connectivity index (χ1) is 9.69. The van der Waals surface area contributed by atoms with Crippen LogP contribution >= 0.6 is 11.3 Å². The zero-order chi connectivity index (χ0) is 14.4. The number of nitrogens with one attached hydrogen (secondary N) is 1. The molecule has 0 fully saturated rings. The van der Waals surface area contributed by atoms with Crippen molar-refractivity contribution in [2.45, 2.75) is 19.8 Å². The van der Waals surface area contributed by atoms with E-state index >= 15 is 0 Å². The molecule has 2 aromatic rings. The molecule has 1 heterocycles. The summed E-state index contributed by atoms with van der Waals surface area (Å²) < 4.78 is 12.9. The third-order valence-corrected chi connectivity index (χ3v) is 3.62. The summed E-state index contributed by atoms with van der Waals surface area (Å²) in [7, 11) is 0. The summed E-state index contributed by atoms with van der Waals surface area (Å²) in [5.41, 5.74) is 4.08. The minimum atomic E-state index is -0.286. The Morgan fingerprint density at radius 3 is 2.65 bits per heavy atom. The maximum Gasteiger partial charge on any atom is 0.245 e. The van der Waals surface area contributed by atoms with Gasteiger partial charge in [-0.3, -0.25) is 4.79 Å². The Bertz CT molecular complexity index is 591. The van der Waals surface area contributed by atoms with Gasteiger partial charge in [0.05, 0.1) is 12.1 Å². The van der Waals surface area contributed by atoms with E-state index in [1.54, 1.807) is 12.1 Å². The fraction of sp³-hybridized carbons (Fsp3) is 0.200. The molecule has 0 saturated carbocycles. The van der Waals surface area contributed by atoms with Gasteiger partial charge in [-0.15, -0.1) is 11.3 Å². The van der Waals surface area contributed by atoms with Crippen LogP contribution in [0.15, 0.2) is 46.9 Å². The average molecular weight is 290 g/mol. The second-order valence-corrected chi connectivity index (χ2v) is 5.24. The molecule has 0 bridgehead atoms. The lowest BCUT2D eigenvalue weighted by molar-refractivity contribution is -0.120. The molecule has 0 unspecified atom stereocenters. The first-order valence-corrected chi connectivity index (χ1v) is 7.20. The molecule has 0 atom stereocenters. The van der Waals surface area contributed by atoms with Gasteiger partial charge in [-0.1, -0.05) is 25.1 Å². The Balaban J connectivity index is 2.00. The summed E-state index contributed by atoms with van der Waals surface area (Å²) in [6.45, 7) is 1.94. The lowest BCUT2D eigenvalue weighted by atomic mass is 10.1. The molecule has 5 heteroatoms. The van der Waals surface area contributed by atoms with Crippen LogP contribution in [0.25, 0.3) is 0 Å². The van der Waals surface area contributed by atoms with E-state index in [2.05, 4.69) is 10.5 Å². The summed E-state index contributed by atoms with van der Waals surface area (Å²) in [5.74, 6) is -0.438. The highest BCUT2D eigenvalue weighted by Gasteiger charge is 2.05. The maximum atomic E-state index is 12.9. The molecule has 0 radical (unpaired) electrons. The smallest absolute Gasteiger partial charge is 0.245 e. The van der Waals surface area contributed by atoms with E-state index in [0.717, 1.165) is 16.2 Å². The van der Waals surface area contributed by atoms with Crippen LogP contribution in [0, 0.1) is 5.82 Å². The van der Waals surface area contributed by atoms with Crippen LogP contribution in [0.5, 0.6) is 0 Å². The zero-order valence-electron chi connectivity index (χ0n) is 11.1. The molecule has 0 saturated heterocycles. The van der Waals surface area contributed by atoms with Crippen molar-refractivity contribution in [3.8, 4) is 0 Å². The number of halogens is 1. The summed E-state index contributed by atoms with van der Waals surface area (Å²) in [6.07, 6.45) is 0.979. The molecule has 1 aromatic heterocycles. The van der Waals surface area contributed by atoms with Gasteiger partial charge in [0, 0.05) is 4.88 Å². The van der Waals surface area contributed by atoms with E-state index in [4.69, 9.17) is 0 Å². The number of hydrogen-bond donors (Lipinski definition) is 1. The van der Waals surface area contributed by atoms with Crippen molar-refractivity contribution in [2.24, 2.45) is 5.10 Å². The predicted molar refractivity (Wildman–Crippen MR) is 79.4 cm³/mol. The van der Waals surface area contributed by atoms with Gasteiger partial charge in [0.15, 0.2) is 0 Å². The van der Waals surface area contributed by atoms with Gasteiger partial charge in [0.1, 0.15) is 5.82 Å². The highest BCUT2D eigenvalue weighted by molar-refractivity contribution is 7.10. The quantitative estimate of drug-likeness (QED) is 0.666. The fourth-order valence-electron chi connectivity index (χ4n) is 1.73. The highest BCUT2D eigenvalue weighted by atomic mass is 32.1. The molecule has 0 aliphatic rings. The number of nitrogens with zero attached hydrogens (tertiary/aromatic N) is 1. The van der Waals surface area contributed by atoms with Gasteiger partial charge in [-0.2, -0.15) is 5.10 Å². The Morgan fingerprint density at radius 1 is 1.30 bits per heavy atom. The minimum absolute atomic E-state index is 0.152. The highest BCUT2D eigenvalue weighted by Crippen LogP contribution is 2.09. The van der Waals surface area contributed by atoms with Crippen molar-refractivity contribution >= 4 is 23.0 Å². The molecular formula is C15H15FN2OS. The molecule has 1 N–H and O–H groups in total. The number of carbonyl (C=O) groups excluding carboxylic acids is 1. The largest absolute Gasteiger partial charge is 0.273 e. The van der Waals surface area contributed by atoms with Gasteiger partial charge >= 0.3 is 0 Å². The van der Waals surface area contributed by atoms with Gasteiger partial charge in [-0.25, -0.2) is 9.82 Å². The van der Waals surface area contributed by atoms with E-state index < -0.39 is 0 Å². The number of hydrazone groups is 1. The molecule has 3 nitrogen and oxygen atoms in total. The number of amides is 1. The van der Waals surface area contributed by atoms with Crippen molar-refractivity contribution in [3.05, 3.63) is 58.0 Å². The Hall–Kier alpha value is -2.01. The number of rotatable bonds is 5.